The molecule has 8 N–H and O–H groups in total. The third-order valence-electron chi connectivity index (χ3n) is 8.89. The molecule has 0 aromatic rings. The number of rotatable bonds is 29. The Balaban J connectivity index is 2.64. The van der Waals surface area contributed by atoms with Crippen LogP contribution in [0.5, 0.6) is 0 Å². The zero-order valence-electron chi connectivity index (χ0n) is 30.2. The van der Waals surface area contributed by atoms with Crippen molar-refractivity contribution in [2.75, 3.05) is 13.2 Å². The predicted molar refractivity (Wildman–Crippen MR) is 192 cm³/mol. The lowest BCUT2D eigenvalue weighted by molar-refractivity contribution is -0.303. The van der Waals surface area contributed by atoms with Gasteiger partial charge in [-0.3, -0.25) is 4.79 Å². The molecular formula is C38H69NO10. The number of hydrogen-bond donors (Lipinski definition) is 8. The van der Waals surface area contributed by atoms with E-state index in [2.05, 4.69) is 49.5 Å². The van der Waals surface area contributed by atoms with Crippen LogP contribution in [0.4, 0.5) is 0 Å². The minimum absolute atomic E-state index is 0.234. The smallest absolute Gasteiger partial charge is 0.249 e. The van der Waals surface area contributed by atoms with Crippen molar-refractivity contribution in [1.82, 2.24) is 5.32 Å². The second-order valence-corrected chi connectivity index (χ2v) is 13.3. The second kappa shape index (κ2) is 29.0. The van der Waals surface area contributed by atoms with Gasteiger partial charge in [0.05, 0.1) is 25.4 Å². The van der Waals surface area contributed by atoms with Crippen molar-refractivity contribution in [2.24, 2.45) is 0 Å². The molecule has 11 nitrogen and oxygen atoms in total. The van der Waals surface area contributed by atoms with Crippen molar-refractivity contribution < 1.29 is 50.0 Å². The Morgan fingerprint density at radius 1 is 0.694 bits per heavy atom. The molecule has 0 spiro atoms. The third kappa shape index (κ3) is 20.1. The highest BCUT2D eigenvalue weighted by Crippen LogP contribution is 2.23. The summed E-state index contributed by atoms with van der Waals surface area (Å²) in [6.45, 7) is 3.27. The Kier molecular flexibility index (Phi) is 26.8. The van der Waals surface area contributed by atoms with Gasteiger partial charge in [-0.1, -0.05) is 95.2 Å². The molecule has 1 rings (SSSR count). The number of allylic oxidation sites excluding steroid dienone is 6. The van der Waals surface area contributed by atoms with Gasteiger partial charge in [0.25, 0.3) is 0 Å². The average molecular weight is 700 g/mol. The Morgan fingerprint density at radius 3 is 1.86 bits per heavy atom. The van der Waals surface area contributed by atoms with Gasteiger partial charge in [-0.2, -0.15) is 0 Å². The molecule has 1 amide bonds. The largest absolute Gasteiger partial charge is 0.394 e. The molecule has 1 saturated heterocycles. The molecule has 1 aliphatic rings. The normalized spacial score (nSPS) is 24.1. The first-order valence-electron chi connectivity index (χ1n) is 18.9. The fourth-order valence-electron chi connectivity index (χ4n) is 5.61. The number of ether oxygens (including phenoxy) is 2. The van der Waals surface area contributed by atoms with Crippen LogP contribution in [-0.4, -0.2) is 110 Å². The van der Waals surface area contributed by atoms with Crippen LogP contribution < -0.4 is 5.32 Å². The molecule has 0 aromatic carbocycles. The number of unbranched alkanes of at least 4 members (excludes halogenated alkanes) is 11. The molecule has 1 aliphatic heterocycles. The highest BCUT2D eigenvalue weighted by Gasteiger charge is 2.44. The Hall–Kier alpha value is -1.67. The minimum Gasteiger partial charge on any atom is -0.394 e. The van der Waals surface area contributed by atoms with Crippen molar-refractivity contribution in [3.8, 4) is 0 Å². The minimum atomic E-state index is -1.67. The Bertz CT molecular complexity index is 898. The van der Waals surface area contributed by atoms with Crippen LogP contribution in [0, 0.1) is 0 Å². The number of aliphatic hydroxyl groups is 7. The number of amides is 1. The van der Waals surface area contributed by atoms with Crippen LogP contribution >= 0.6 is 0 Å². The summed E-state index contributed by atoms with van der Waals surface area (Å²) in [4.78, 5) is 12.9. The summed E-state index contributed by atoms with van der Waals surface area (Å²) in [7, 11) is 0. The summed E-state index contributed by atoms with van der Waals surface area (Å²) in [6.07, 6.45) is 17.9. The van der Waals surface area contributed by atoms with Crippen LogP contribution in [0.25, 0.3) is 0 Å². The van der Waals surface area contributed by atoms with Crippen molar-refractivity contribution in [3.05, 3.63) is 36.5 Å². The van der Waals surface area contributed by atoms with Crippen LogP contribution in [-0.2, 0) is 14.3 Å². The standard InChI is InChI=1S/C38H69NO10/c1-3-5-7-9-11-13-15-16-18-19-21-23-25-30(41)33(43)29(28-48-38-36(46)35(45)34(44)32(27-40)49-38)39-37(47)31(42)26-24-22-20-17-14-12-10-8-6-4-2/h10-13,18-19,29-36,38,40-46H,3-9,14-17,20-28H2,1-2H3,(H,39,47)/b12-10-,13-11+,19-18+. The van der Waals surface area contributed by atoms with E-state index in [9.17, 15) is 40.5 Å². The van der Waals surface area contributed by atoms with E-state index in [4.69, 9.17) is 9.47 Å². The van der Waals surface area contributed by atoms with E-state index >= 15 is 0 Å². The zero-order valence-corrected chi connectivity index (χ0v) is 30.2. The van der Waals surface area contributed by atoms with Gasteiger partial charge in [0, 0.05) is 0 Å². The van der Waals surface area contributed by atoms with Crippen LogP contribution in [0.2, 0.25) is 0 Å². The first kappa shape index (κ1) is 45.4. The van der Waals surface area contributed by atoms with Gasteiger partial charge in [0.2, 0.25) is 5.91 Å². The molecule has 11 heteroatoms. The Morgan fingerprint density at radius 2 is 1.24 bits per heavy atom. The molecule has 0 bridgehead atoms. The highest BCUT2D eigenvalue weighted by molar-refractivity contribution is 5.80. The molecule has 9 atom stereocenters. The van der Waals surface area contributed by atoms with Gasteiger partial charge in [-0.15, -0.1) is 0 Å². The lowest BCUT2D eigenvalue weighted by Crippen LogP contribution is -2.60. The predicted octanol–water partition coefficient (Wildman–Crippen LogP) is 4.10. The van der Waals surface area contributed by atoms with Gasteiger partial charge in [-0.25, -0.2) is 0 Å². The molecule has 0 radical (unpaired) electrons. The van der Waals surface area contributed by atoms with Crippen molar-refractivity contribution in [3.63, 3.8) is 0 Å². The maximum atomic E-state index is 12.9. The third-order valence-corrected chi connectivity index (χ3v) is 8.89. The first-order chi connectivity index (χ1) is 23.7. The van der Waals surface area contributed by atoms with Crippen molar-refractivity contribution >= 4 is 5.91 Å². The van der Waals surface area contributed by atoms with E-state index in [1.807, 2.05) is 6.08 Å². The van der Waals surface area contributed by atoms with Gasteiger partial charge in [0.15, 0.2) is 6.29 Å². The van der Waals surface area contributed by atoms with E-state index in [1.54, 1.807) is 0 Å². The Labute approximate surface area is 295 Å². The fourth-order valence-corrected chi connectivity index (χ4v) is 5.61. The van der Waals surface area contributed by atoms with Gasteiger partial charge in [0.1, 0.15) is 36.6 Å². The monoisotopic (exact) mass is 699 g/mol. The van der Waals surface area contributed by atoms with E-state index in [0.717, 1.165) is 51.4 Å². The molecule has 1 heterocycles. The molecule has 49 heavy (non-hydrogen) atoms. The average Bonchev–Trinajstić information content (AvgIpc) is 3.10. The summed E-state index contributed by atoms with van der Waals surface area (Å²) in [6, 6.07) is -1.19. The summed E-state index contributed by atoms with van der Waals surface area (Å²) in [5.41, 5.74) is 0. The molecular weight excluding hydrogens is 630 g/mol. The quantitative estimate of drug-likeness (QED) is 0.0417. The van der Waals surface area contributed by atoms with Crippen molar-refractivity contribution in [2.45, 2.75) is 184 Å². The molecule has 9 unspecified atom stereocenters. The van der Waals surface area contributed by atoms with Crippen LogP contribution in [0.15, 0.2) is 36.5 Å². The molecule has 0 aliphatic carbocycles. The van der Waals surface area contributed by atoms with E-state index < -0.39 is 74.2 Å². The zero-order chi connectivity index (χ0) is 36.3. The number of nitrogens with one attached hydrogen (secondary N) is 1. The SMILES string of the molecule is CCCC/C=C\CCCCCCC(O)C(=O)NC(COC1OC(CO)C(O)C(O)C1O)C(O)C(O)CCC/C=C/CC/C=C/CCCCC. The van der Waals surface area contributed by atoms with Crippen LogP contribution in [0.1, 0.15) is 129 Å². The second-order valence-electron chi connectivity index (χ2n) is 13.3. The summed E-state index contributed by atoms with van der Waals surface area (Å²) in [5, 5.41) is 75.0. The van der Waals surface area contributed by atoms with E-state index in [0.29, 0.717) is 19.3 Å². The topological polar surface area (TPSA) is 189 Å². The van der Waals surface area contributed by atoms with Gasteiger partial charge >= 0.3 is 0 Å². The van der Waals surface area contributed by atoms with Gasteiger partial charge in [-0.05, 0) is 70.6 Å². The number of hydrogen-bond acceptors (Lipinski definition) is 10. The summed E-state index contributed by atoms with van der Waals surface area (Å²) >= 11 is 0. The molecule has 0 aromatic heterocycles. The first-order valence-corrected chi connectivity index (χ1v) is 18.9. The fraction of sp³-hybridized carbons (Fsp3) is 0.816. The van der Waals surface area contributed by atoms with E-state index in [1.165, 1.54) is 32.1 Å². The highest BCUT2D eigenvalue weighted by atomic mass is 16.7. The van der Waals surface area contributed by atoms with Crippen LogP contribution in [0.3, 0.4) is 0 Å². The summed E-state index contributed by atoms with van der Waals surface area (Å²) < 4.78 is 11.0. The van der Waals surface area contributed by atoms with Crippen molar-refractivity contribution in [1.29, 1.82) is 0 Å². The maximum Gasteiger partial charge on any atom is 0.249 e. The molecule has 0 saturated carbocycles. The van der Waals surface area contributed by atoms with Gasteiger partial charge < -0.3 is 50.5 Å². The lowest BCUT2D eigenvalue weighted by Gasteiger charge is -2.40. The number of carbonyl (C=O) groups is 1. The number of aliphatic hydroxyl groups excluding tert-OH is 7. The summed E-state index contributed by atoms with van der Waals surface area (Å²) in [5.74, 6) is -0.727. The lowest BCUT2D eigenvalue weighted by atomic mass is 9.98. The maximum absolute atomic E-state index is 12.9. The van der Waals surface area contributed by atoms with E-state index in [-0.39, 0.29) is 12.8 Å². The number of carbonyl (C=O) groups excluding carboxylic acids is 1. The molecule has 1 fully saturated rings. The molecule has 286 valence electrons.